The number of esters is 1. The molecule has 0 saturated heterocycles. The average molecular weight is 238 g/mol. The number of anilines is 1. The molecule has 1 rings (SSSR count). The summed E-state index contributed by atoms with van der Waals surface area (Å²) in [4.78, 5) is 13.7. The van der Waals surface area contributed by atoms with Gasteiger partial charge >= 0.3 is 5.97 Å². The molecule has 0 aliphatic heterocycles. The zero-order chi connectivity index (χ0) is 12.8. The van der Waals surface area contributed by atoms with Crippen molar-refractivity contribution in [1.82, 2.24) is 5.12 Å². The minimum atomic E-state index is -0.379. The Morgan fingerprint density at radius 2 is 1.94 bits per heavy atom. The van der Waals surface area contributed by atoms with E-state index in [0.717, 1.165) is 10.8 Å². The maximum absolute atomic E-state index is 11.8. The Labute approximate surface area is 101 Å². The number of hydrogen-bond acceptors (Lipinski definition) is 6. The summed E-state index contributed by atoms with van der Waals surface area (Å²) in [5.74, 6) is 10.0. The van der Waals surface area contributed by atoms with Crippen molar-refractivity contribution >= 4 is 11.7 Å². The molecule has 0 saturated carbocycles. The lowest BCUT2D eigenvalue weighted by atomic mass is 10.1. The molecule has 6 heteroatoms. The average Bonchev–Trinajstić information content (AvgIpc) is 2.28. The Balaban J connectivity index is 2.68. The summed E-state index contributed by atoms with van der Waals surface area (Å²) in [5.41, 5.74) is 1.34. The van der Waals surface area contributed by atoms with Crippen molar-refractivity contribution in [3.8, 4) is 0 Å². The fourth-order valence-corrected chi connectivity index (χ4v) is 1.36. The Bertz CT molecular complexity index is 379. The lowest BCUT2D eigenvalue weighted by Gasteiger charge is -2.16. The van der Waals surface area contributed by atoms with Gasteiger partial charge in [-0.2, -0.15) is 5.12 Å². The van der Waals surface area contributed by atoms with Crippen LogP contribution in [-0.4, -0.2) is 38.3 Å². The third kappa shape index (κ3) is 4.03. The second-order valence-electron chi connectivity index (χ2n) is 3.79. The van der Waals surface area contributed by atoms with E-state index in [1.54, 1.807) is 12.1 Å². The van der Waals surface area contributed by atoms with Crippen LogP contribution in [0.5, 0.6) is 0 Å². The van der Waals surface area contributed by atoms with E-state index in [4.69, 9.17) is 16.4 Å². The first-order valence-corrected chi connectivity index (χ1v) is 5.22. The van der Waals surface area contributed by atoms with Crippen molar-refractivity contribution in [2.24, 2.45) is 11.7 Å². The van der Waals surface area contributed by atoms with Crippen LogP contribution in [-0.2, 0) is 4.74 Å². The van der Waals surface area contributed by atoms with Gasteiger partial charge in [0, 0.05) is 14.1 Å². The molecule has 0 radical (unpaired) electrons. The highest BCUT2D eigenvalue weighted by Crippen LogP contribution is 2.18. The number of rotatable bonds is 5. The molecule has 1 aromatic carbocycles. The number of carbonyl (C=O) groups is 1. The summed E-state index contributed by atoms with van der Waals surface area (Å²) in [5, 5.41) is 0.977. The molecule has 0 spiro atoms. The van der Waals surface area contributed by atoms with Gasteiger partial charge in [0.25, 0.3) is 0 Å². The number of benzene rings is 1. The van der Waals surface area contributed by atoms with Gasteiger partial charge in [-0.15, -0.1) is 0 Å². The Morgan fingerprint density at radius 3 is 2.53 bits per heavy atom. The normalized spacial score (nSPS) is 10.4. The van der Waals surface area contributed by atoms with Gasteiger partial charge in [0.05, 0.1) is 17.8 Å². The molecule has 0 bridgehead atoms. The van der Waals surface area contributed by atoms with Crippen LogP contribution < -0.4 is 16.6 Å². The lowest BCUT2D eigenvalue weighted by Crippen LogP contribution is -2.40. The molecule has 6 nitrogen and oxygen atoms in total. The van der Waals surface area contributed by atoms with E-state index in [1.165, 1.54) is 0 Å². The molecule has 1 aromatic rings. The molecule has 17 heavy (non-hydrogen) atoms. The summed E-state index contributed by atoms with van der Waals surface area (Å²) in [6.45, 7) is 0.448. The zero-order valence-electron chi connectivity index (χ0n) is 10.1. The highest BCUT2D eigenvalue weighted by molar-refractivity contribution is 5.95. The van der Waals surface area contributed by atoms with Gasteiger partial charge in [-0.3, -0.25) is 11.7 Å². The van der Waals surface area contributed by atoms with Crippen molar-refractivity contribution in [2.75, 3.05) is 32.1 Å². The molecule has 0 fully saturated rings. The minimum absolute atomic E-state index is 0.160. The maximum Gasteiger partial charge on any atom is 0.340 e. The molecule has 4 N–H and O–H groups in total. The predicted molar refractivity (Wildman–Crippen MR) is 66.1 cm³/mol. The van der Waals surface area contributed by atoms with Gasteiger partial charge < -0.3 is 9.64 Å². The van der Waals surface area contributed by atoms with Crippen LogP contribution in [0, 0.1) is 0 Å². The molecule has 0 aliphatic rings. The topological polar surface area (TPSA) is 84.8 Å². The number of para-hydroxylation sites is 1. The van der Waals surface area contributed by atoms with Crippen molar-refractivity contribution in [2.45, 2.75) is 0 Å². The summed E-state index contributed by atoms with van der Waals surface area (Å²) in [6, 6.07) is 7.24. The highest BCUT2D eigenvalue weighted by atomic mass is 16.5. The summed E-state index contributed by atoms with van der Waals surface area (Å²) in [7, 11) is 3.74. The second kappa shape index (κ2) is 6.19. The van der Waals surface area contributed by atoms with Gasteiger partial charge in [-0.05, 0) is 12.1 Å². The number of nitrogens with zero attached hydrogens (tertiary/aromatic N) is 2. The Kier molecular flexibility index (Phi) is 4.89. The minimum Gasteiger partial charge on any atom is -0.461 e. The highest BCUT2D eigenvalue weighted by Gasteiger charge is 2.13. The van der Waals surface area contributed by atoms with Gasteiger partial charge in [-0.1, -0.05) is 12.1 Å². The van der Waals surface area contributed by atoms with E-state index in [1.807, 2.05) is 31.1 Å². The molecular weight excluding hydrogens is 220 g/mol. The Morgan fingerprint density at radius 1 is 1.29 bits per heavy atom. The monoisotopic (exact) mass is 238 g/mol. The number of nitrogens with two attached hydrogens (primary N) is 2. The fraction of sp³-hybridized carbons (Fsp3) is 0.364. The zero-order valence-corrected chi connectivity index (χ0v) is 10.1. The first kappa shape index (κ1) is 13.4. The van der Waals surface area contributed by atoms with E-state index >= 15 is 0 Å². The molecule has 94 valence electrons. The lowest BCUT2D eigenvalue weighted by molar-refractivity contribution is 0.0463. The molecule has 0 unspecified atom stereocenters. The summed E-state index contributed by atoms with van der Waals surface area (Å²) < 4.78 is 5.06. The number of hydrogen-bond donors (Lipinski definition) is 2. The van der Waals surface area contributed by atoms with Crippen LogP contribution in [0.3, 0.4) is 0 Å². The van der Waals surface area contributed by atoms with Crippen LogP contribution in [0.25, 0.3) is 0 Å². The van der Waals surface area contributed by atoms with E-state index in [-0.39, 0.29) is 19.1 Å². The fourth-order valence-electron chi connectivity index (χ4n) is 1.36. The first-order valence-electron chi connectivity index (χ1n) is 5.22. The van der Waals surface area contributed by atoms with Gasteiger partial charge in [0.1, 0.15) is 6.61 Å². The van der Waals surface area contributed by atoms with E-state index in [2.05, 4.69) is 0 Å². The molecule has 0 aliphatic carbocycles. The van der Waals surface area contributed by atoms with Crippen molar-refractivity contribution in [3.05, 3.63) is 29.8 Å². The van der Waals surface area contributed by atoms with Gasteiger partial charge in [0.15, 0.2) is 0 Å². The third-order valence-corrected chi connectivity index (χ3v) is 2.19. The standard InChI is InChI=1S/C11H18N4O2/c1-14(2)10-6-4-3-5-9(10)11(16)17-8-7-15(12)13/h3-6H,7-8,12-13H2,1-2H3. The summed E-state index contributed by atoms with van der Waals surface area (Å²) in [6.07, 6.45) is 0. The Hall–Kier alpha value is -1.63. The van der Waals surface area contributed by atoms with Crippen molar-refractivity contribution < 1.29 is 9.53 Å². The smallest absolute Gasteiger partial charge is 0.340 e. The SMILES string of the molecule is CN(C)c1ccccc1C(=O)OCCN(N)N. The predicted octanol–water partition coefficient (Wildman–Crippen LogP) is -0.0412. The van der Waals surface area contributed by atoms with Crippen LogP contribution in [0.4, 0.5) is 5.69 Å². The molecule has 0 atom stereocenters. The maximum atomic E-state index is 11.8. The molecule has 0 amide bonds. The van der Waals surface area contributed by atoms with Gasteiger partial charge in [0.2, 0.25) is 0 Å². The van der Waals surface area contributed by atoms with Crippen molar-refractivity contribution in [3.63, 3.8) is 0 Å². The van der Waals surface area contributed by atoms with E-state index in [9.17, 15) is 4.79 Å². The second-order valence-corrected chi connectivity index (χ2v) is 3.79. The number of ether oxygens (including phenoxy) is 1. The number of carbonyl (C=O) groups excluding carboxylic acids is 1. The first-order chi connectivity index (χ1) is 8.02. The van der Waals surface area contributed by atoms with Crippen LogP contribution in [0.1, 0.15) is 10.4 Å². The van der Waals surface area contributed by atoms with Crippen LogP contribution >= 0.6 is 0 Å². The van der Waals surface area contributed by atoms with E-state index in [0.29, 0.717) is 5.56 Å². The largest absolute Gasteiger partial charge is 0.461 e. The van der Waals surface area contributed by atoms with Crippen molar-refractivity contribution in [1.29, 1.82) is 0 Å². The molecule has 0 heterocycles. The third-order valence-electron chi connectivity index (χ3n) is 2.19. The molecular formula is C11H18N4O2. The molecule has 0 aromatic heterocycles. The quantitative estimate of drug-likeness (QED) is 0.425. The number of hydrazine groups is 2. The summed E-state index contributed by atoms with van der Waals surface area (Å²) >= 11 is 0. The van der Waals surface area contributed by atoms with E-state index < -0.39 is 0 Å². The van der Waals surface area contributed by atoms with Gasteiger partial charge in [-0.25, -0.2) is 4.79 Å². The van der Waals surface area contributed by atoms with Crippen LogP contribution in [0.2, 0.25) is 0 Å². The van der Waals surface area contributed by atoms with Crippen LogP contribution in [0.15, 0.2) is 24.3 Å².